The molecule has 0 aliphatic carbocycles. The molecule has 1 atom stereocenters. The molecule has 2 N–H and O–H groups in total. The number of hydrogen-bond acceptors (Lipinski definition) is 3. The van der Waals surface area contributed by atoms with Crippen LogP contribution in [0.25, 0.3) is 0 Å². The zero-order valence-electron chi connectivity index (χ0n) is 10.6. The highest BCUT2D eigenvalue weighted by Crippen LogP contribution is 2.22. The van der Waals surface area contributed by atoms with Crippen LogP contribution < -0.4 is 10.6 Å². The molecule has 1 amide bonds. The summed E-state index contributed by atoms with van der Waals surface area (Å²) >= 11 is 0. The van der Waals surface area contributed by atoms with Crippen molar-refractivity contribution in [3.05, 3.63) is 29.8 Å². The molecule has 1 unspecified atom stereocenters. The van der Waals surface area contributed by atoms with E-state index in [0.29, 0.717) is 6.61 Å². The van der Waals surface area contributed by atoms with Gasteiger partial charge in [-0.15, -0.1) is 0 Å². The largest absolute Gasteiger partial charge is 0.450 e. The van der Waals surface area contributed by atoms with Crippen LogP contribution in [0.15, 0.2) is 24.3 Å². The predicted octanol–water partition coefficient (Wildman–Crippen LogP) is 2.93. The Hall–Kier alpha value is -1.55. The van der Waals surface area contributed by atoms with Gasteiger partial charge in [0.25, 0.3) is 0 Å². The second-order valence-electron chi connectivity index (χ2n) is 3.71. The van der Waals surface area contributed by atoms with Crippen LogP contribution in [0.2, 0.25) is 0 Å². The number of para-hydroxylation sites is 1. The molecule has 0 saturated heterocycles. The molecular formula is C13H20N2O2. The van der Waals surface area contributed by atoms with Crippen molar-refractivity contribution in [3.8, 4) is 0 Å². The summed E-state index contributed by atoms with van der Waals surface area (Å²) < 4.78 is 4.87. The van der Waals surface area contributed by atoms with Crippen molar-refractivity contribution in [2.45, 2.75) is 26.8 Å². The molecule has 94 valence electrons. The lowest BCUT2D eigenvalue weighted by molar-refractivity contribution is 0.168. The first-order valence-corrected chi connectivity index (χ1v) is 5.95. The molecule has 4 heteroatoms. The van der Waals surface area contributed by atoms with E-state index in [1.54, 1.807) is 6.92 Å². The summed E-state index contributed by atoms with van der Waals surface area (Å²) in [6.07, 6.45) is -0.413. The van der Waals surface area contributed by atoms with Gasteiger partial charge in [-0.2, -0.15) is 0 Å². The second-order valence-corrected chi connectivity index (χ2v) is 3.71. The smallest absolute Gasteiger partial charge is 0.411 e. The van der Waals surface area contributed by atoms with Crippen LogP contribution in [0.4, 0.5) is 10.5 Å². The highest BCUT2D eigenvalue weighted by atomic mass is 16.5. The van der Waals surface area contributed by atoms with Gasteiger partial charge in [0.1, 0.15) is 0 Å². The lowest BCUT2D eigenvalue weighted by Crippen LogP contribution is -2.21. The number of carbonyl (C=O) groups excluding carboxylic acids is 1. The number of ether oxygens (including phenoxy) is 1. The van der Waals surface area contributed by atoms with Crippen LogP contribution in [0.1, 0.15) is 32.4 Å². The predicted molar refractivity (Wildman–Crippen MR) is 69.2 cm³/mol. The normalized spacial score (nSPS) is 11.9. The first-order valence-electron chi connectivity index (χ1n) is 5.95. The molecule has 0 fully saturated rings. The lowest BCUT2D eigenvalue weighted by Gasteiger charge is -2.17. The third kappa shape index (κ3) is 4.07. The summed E-state index contributed by atoms with van der Waals surface area (Å²) in [6, 6.07) is 7.91. The maximum atomic E-state index is 11.4. The maximum Gasteiger partial charge on any atom is 0.411 e. The van der Waals surface area contributed by atoms with Gasteiger partial charge in [-0.1, -0.05) is 25.1 Å². The Bertz CT molecular complexity index is 366. The van der Waals surface area contributed by atoms with Gasteiger partial charge in [0.05, 0.1) is 6.61 Å². The lowest BCUT2D eigenvalue weighted by atomic mass is 10.1. The zero-order chi connectivity index (χ0) is 12.7. The van der Waals surface area contributed by atoms with Crippen LogP contribution in [0.5, 0.6) is 0 Å². The number of benzene rings is 1. The molecule has 0 aromatic heterocycles. The summed E-state index contributed by atoms with van der Waals surface area (Å²) in [6.45, 7) is 7.16. The molecule has 0 saturated carbocycles. The Labute approximate surface area is 102 Å². The molecule has 0 aliphatic rings. The van der Waals surface area contributed by atoms with Crippen LogP contribution in [0.3, 0.4) is 0 Å². The first-order chi connectivity index (χ1) is 8.19. The van der Waals surface area contributed by atoms with Gasteiger partial charge in [0.2, 0.25) is 0 Å². The monoisotopic (exact) mass is 236 g/mol. The Morgan fingerprint density at radius 1 is 1.35 bits per heavy atom. The van der Waals surface area contributed by atoms with Crippen molar-refractivity contribution >= 4 is 11.8 Å². The molecule has 17 heavy (non-hydrogen) atoms. The summed E-state index contributed by atoms with van der Waals surface area (Å²) in [7, 11) is 0. The minimum atomic E-state index is -0.413. The quantitative estimate of drug-likeness (QED) is 0.826. The maximum absolute atomic E-state index is 11.4. The average molecular weight is 236 g/mol. The number of carbonyl (C=O) groups is 1. The molecule has 0 radical (unpaired) electrons. The molecule has 0 heterocycles. The van der Waals surface area contributed by atoms with E-state index in [0.717, 1.165) is 17.8 Å². The van der Waals surface area contributed by atoms with Crippen molar-refractivity contribution in [3.63, 3.8) is 0 Å². The fourth-order valence-electron chi connectivity index (χ4n) is 1.68. The number of hydrogen-bond donors (Lipinski definition) is 2. The van der Waals surface area contributed by atoms with E-state index in [-0.39, 0.29) is 6.04 Å². The van der Waals surface area contributed by atoms with Crippen molar-refractivity contribution in [2.75, 3.05) is 18.5 Å². The van der Waals surface area contributed by atoms with Crippen LogP contribution >= 0.6 is 0 Å². The van der Waals surface area contributed by atoms with Gasteiger partial charge in [0.15, 0.2) is 0 Å². The number of amides is 1. The minimum Gasteiger partial charge on any atom is -0.450 e. The average Bonchev–Trinajstić information content (AvgIpc) is 2.30. The SMILES string of the molecule is CCNC(C)c1ccccc1NC(=O)OCC. The molecule has 0 spiro atoms. The van der Waals surface area contributed by atoms with E-state index in [4.69, 9.17) is 4.74 Å². The van der Waals surface area contributed by atoms with Crippen LogP contribution in [-0.4, -0.2) is 19.2 Å². The van der Waals surface area contributed by atoms with E-state index in [9.17, 15) is 4.79 Å². The summed E-state index contributed by atoms with van der Waals surface area (Å²) in [5, 5.41) is 6.06. The van der Waals surface area contributed by atoms with E-state index in [1.807, 2.05) is 24.3 Å². The Balaban J connectivity index is 2.80. The van der Waals surface area contributed by atoms with Gasteiger partial charge in [-0.05, 0) is 32.0 Å². The van der Waals surface area contributed by atoms with Gasteiger partial charge in [-0.3, -0.25) is 5.32 Å². The number of nitrogens with one attached hydrogen (secondary N) is 2. The van der Waals surface area contributed by atoms with E-state index >= 15 is 0 Å². The zero-order valence-corrected chi connectivity index (χ0v) is 10.6. The molecule has 1 rings (SSSR count). The standard InChI is InChI=1S/C13H20N2O2/c1-4-14-10(3)11-8-6-7-9-12(11)15-13(16)17-5-2/h6-10,14H,4-5H2,1-3H3,(H,15,16). The highest BCUT2D eigenvalue weighted by molar-refractivity contribution is 5.85. The fourth-order valence-corrected chi connectivity index (χ4v) is 1.68. The summed E-state index contributed by atoms with van der Waals surface area (Å²) in [5.74, 6) is 0. The van der Waals surface area contributed by atoms with Crippen molar-refractivity contribution in [2.24, 2.45) is 0 Å². The van der Waals surface area contributed by atoms with Gasteiger partial charge < -0.3 is 10.1 Å². The Morgan fingerprint density at radius 3 is 2.71 bits per heavy atom. The van der Waals surface area contributed by atoms with Gasteiger partial charge >= 0.3 is 6.09 Å². The summed E-state index contributed by atoms with van der Waals surface area (Å²) in [5.41, 5.74) is 1.85. The first kappa shape index (κ1) is 13.5. The van der Waals surface area contributed by atoms with Crippen LogP contribution in [-0.2, 0) is 4.74 Å². The van der Waals surface area contributed by atoms with Crippen molar-refractivity contribution < 1.29 is 9.53 Å². The second kappa shape index (κ2) is 6.91. The van der Waals surface area contributed by atoms with Crippen LogP contribution in [0, 0.1) is 0 Å². The molecule has 1 aromatic rings. The van der Waals surface area contributed by atoms with E-state index in [1.165, 1.54) is 0 Å². The highest BCUT2D eigenvalue weighted by Gasteiger charge is 2.11. The Morgan fingerprint density at radius 2 is 2.06 bits per heavy atom. The molecule has 4 nitrogen and oxygen atoms in total. The molecule has 0 bridgehead atoms. The van der Waals surface area contributed by atoms with Crippen molar-refractivity contribution in [1.29, 1.82) is 0 Å². The topological polar surface area (TPSA) is 50.4 Å². The van der Waals surface area contributed by atoms with E-state index in [2.05, 4.69) is 24.5 Å². The molecule has 0 aliphatic heterocycles. The third-order valence-corrected chi connectivity index (χ3v) is 2.45. The summed E-state index contributed by atoms with van der Waals surface area (Å²) in [4.78, 5) is 11.4. The van der Waals surface area contributed by atoms with Gasteiger partial charge in [-0.25, -0.2) is 4.79 Å². The number of anilines is 1. The van der Waals surface area contributed by atoms with Gasteiger partial charge in [0, 0.05) is 11.7 Å². The van der Waals surface area contributed by atoms with Crippen molar-refractivity contribution in [1.82, 2.24) is 5.32 Å². The molecular weight excluding hydrogens is 216 g/mol. The minimum absolute atomic E-state index is 0.193. The van der Waals surface area contributed by atoms with E-state index < -0.39 is 6.09 Å². The number of rotatable bonds is 5. The third-order valence-electron chi connectivity index (χ3n) is 2.45. The molecule has 1 aromatic carbocycles. The Kier molecular flexibility index (Phi) is 5.49. The fraction of sp³-hybridized carbons (Fsp3) is 0.462.